The lowest BCUT2D eigenvalue weighted by Crippen LogP contribution is -2.51. The Morgan fingerprint density at radius 1 is 1.27 bits per heavy atom. The molecular formula is C25H33N3O5. The van der Waals surface area contributed by atoms with Crippen molar-refractivity contribution in [3.63, 3.8) is 0 Å². The molecule has 2 heterocycles. The average Bonchev–Trinajstić information content (AvgIpc) is 3.40. The summed E-state index contributed by atoms with van der Waals surface area (Å²) in [7, 11) is 3.89. The highest BCUT2D eigenvalue weighted by Crippen LogP contribution is 2.39. The van der Waals surface area contributed by atoms with Gasteiger partial charge in [0.2, 0.25) is 5.91 Å². The van der Waals surface area contributed by atoms with Crippen LogP contribution in [0.25, 0.3) is 0 Å². The molecule has 1 fully saturated rings. The van der Waals surface area contributed by atoms with Gasteiger partial charge in [-0.25, -0.2) is 4.79 Å². The molecule has 4 atom stereocenters. The smallest absolute Gasteiger partial charge is 0.337 e. The number of carbonyl (C=O) groups is 3. The number of benzene rings is 1. The van der Waals surface area contributed by atoms with E-state index in [9.17, 15) is 19.5 Å². The van der Waals surface area contributed by atoms with Crippen molar-refractivity contribution >= 4 is 17.7 Å². The highest BCUT2D eigenvalue weighted by Gasteiger charge is 2.44. The number of hydrogen-bond donors (Lipinski definition) is 2. The van der Waals surface area contributed by atoms with Gasteiger partial charge in [0, 0.05) is 24.4 Å². The number of Topliss-reactive ketones (excluding diaryl/α,β-unsaturated/α-hetero) is 1. The first-order chi connectivity index (χ1) is 15.7. The third-order valence-electron chi connectivity index (χ3n) is 6.60. The maximum Gasteiger partial charge on any atom is 0.337 e. The van der Waals surface area contributed by atoms with E-state index in [2.05, 4.69) is 5.32 Å². The maximum atomic E-state index is 13.8. The molecule has 0 bridgehead atoms. The molecule has 1 amide bonds. The van der Waals surface area contributed by atoms with E-state index in [4.69, 9.17) is 4.74 Å². The molecule has 0 radical (unpaired) electrons. The predicted molar refractivity (Wildman–Crippen MR) is 124 cm³/mol. The second kappa shape index (κ2) is 10.3. The Bertz CT molecular complexity index is 987. The molecule has 8 heteroatoms. The fraction of sp³-hybridized carbons (Fsp3) is 0.480. The number of rotatable bonds is 10. The number of ether oxygens (including phenoxy) is 1. The molecule has 1 aliphatic heterocycles. The lowest BCUT2D eigenvalue weighted by Gasteiger charge is -2.38. The van der Waals surface area contributed by atoms with Crippen LogP contribution in [0.5, 0.6) is 0 Å². The van der Waals surface area contributed by atoms with Crippen LogP contribution in [0.1, 0.15) is 48.7 Å². The highest BCUT2D eigenvalue weighted by atomic mass is 16.5. The van der Waals surface area contributed by atoms with Crippen LogP contribution < -0.4 is 5.32 Å². The van der Waals surface area contributed by atoms with Crippen molar-refractivity contribution in [2.75, 3.05) is 27.2 Å². The second-order valence-corrected chi connectivity index (χ2v) is 9.09. The Labute approximate surface area is 194 Å². The summed E-state index contributed by atoms with van der Waals surface area (Å²) in [5.74, 6) is -1.55. The third kappa shape index (κ3) is 5.34. The van der Waals surface area contributed by atoms with Crippen molar-refractivity contribution in [2.24, 2.45) is 0 Å². The van der Waals surface area contributed by atoms with Crippen LogP contribution in [0.3, 0.4) is 0 Å². The Kier molecular flexibility index (Phi) is 7.71. The van der Waals surface area contributed by atoms with Crippen molar-refractivity contribution in [1.29, 1.82) is 0 Å². The van der Waals surface area contributed by atoms with Gasteiger partial charge in [0.05, 0.1) is 11.7 Å². The van der Waals surface area contributed by atoms with Gasteiger partial charge in [-0.3, -0.25) is 9.59 Å². The lowest BCUT2D eigenvalue weighted by atomic mass is 9.73. The number of ketones is 1. The zero-order valence-corrected chi connectivity index (χ0v) is 19.7. The second-order valence-electron chi connectivity index (χ2n) is 9.09. The summed E-state index contributed by atoms with van der Waals surface area (Å²) in [6, 6.07) is 9.67. The molecular weight excluding hydrogens is 422 g/mol. The average molecular weight is 456 g/mol. The molecule has 2 aromatic rings. The van der Waals surface area contributed by atoms with E-state index in [1.54, 1.807) is 10.8 Å². The first-order valence-corrected chi connectivity index (χ1v) is 11.2. The molecule has 0 spiro atoms. The van der Waals surface area contributed by atoms with Gasteiger partial charge in [0.15, 0.2) is 5.78 Å². The van der Waals surface area contributed by atoms with E-state index in [1.807, 2.05) is 63.2 Å². The maximum absolute atomic E-state index is 13.8. The van der Waals surface area contributed by atoms with Crippen molar-refractivity contribution in [1.82, 2.24) is 14.8 Å². The number of nitrogens with one attached hydrogen (secondary N) is 1. The molecule has 8 nitrogen and oxygen atoms in total. The van der Waals surface area contributed by atoms with Gasteiger partial charge in [-0.05, 0) is 38.6 Å². The van der Waals surface area contributed by atoms with E-state index in [-0.39, 0.29) is 23.9 Å². The normalized spacial score (nSPS) is 21.1. The van der Waals surface area contributed by atoms with Gasteiger partial charge < -0.3 is 24.6 Å². The minimum Gasteiger partial charge on any atom is -0.478 e. The quantitative estimate of drug-likeness (QED) is 0.571. The summed E-state index contributed by atoms with van der Waals surface area (Å²) in [4.78, 5) is 39.9. The Hall–Kier alpha value is -2.97. The van der Waals surface area contributed by atoms with Crippen LogP contribution in [0.4, 0.5) is 0 Å². The van der Waals surface area contributed by atoms with Crippen LogP contribution in [-0.4, -0.2) is 71.6 Å². The van der Waals surface area contributed by atoms with Crippen LogP contribution >= 0.6 is 0 Å². The lowest BCUT2D eigenvalue weighted by molar-refractivity contribution is -0.130. The molecule has 1 saturated heterocycles. The van der Waals surface area contributed by atoms with E-state index in [0.717, 1.165) is 12.1 Å². The first kappa shape index (κ1) is 24.7. The number of carboxylic acid groups (broad SMARTS) is 1. The number of hydrogen-bond acceptors (Lipinski definition) is 5. The molecule has 4 unspecified atom stereocenters. The Morgan fingerprint density at radius 2 is 1.97 bits per heavy atom. The number of amides is 1. The van der Waals surface area contributed by atoms with Crippen molar-refractivity contribution in [2.45, 2.75) is 50.3 Å². The molecule has 1 aliphatic rings. The molecule has 3 rings (SSSR count). The zero-order chi connectivity index (χ0) is 24.2. The van der Waals surface area contributed by atoms with Gasteiger partial charge in [-0.15, -0.1) is 0 Å². The van der Waals surface area contributed by atoms with Gasteiger partial charge in [-0.2, -0.15) is 0 Å². The molecule has 178 valence electrons. The minimum absolute atomic E-state index is 0.0237. The van der Waals surface area contributed by atoms with E-state index < -0.39 is 29.6 Å². The standard InChI is InChI=1S/C25H33N3O5/c1-5-25(2,18-9-7-6-8-10-18)22(28-14-11-17(15-28)24(31)32)23(30)26-21-19(29)16-33-20(21)12-13-27(3)4/h6-11,14-15,20-22H,5,12-13,16H2,1-4H3,(H,26,30)(H,31,32). The molecule has 0 aliphatic carbocycles. The third-order valence-corrected chi connectivity index (χ3v) is 6.60. The summed E-state index contributed by atoms with van der Waals surface area (Å²) < 4.78 is 7.31. The molecule has 33 heavy (non-hydrogen) atoms. The van der Waals surface area contributed by atoms with Crippen LogP contribution in [0.15, 0.2) is 48.8 Å². The fourth-order valence-corrected chi connectivity index (χ4v) is 4.45. The number of carbonyl (C=O) groups excluding carboxylic acids is 2. The van der Waals surface area contributed by atoms with Crippen molar-refractivity contribution in [3.8, 4) is 0 Å². The first-order valence-electron chi connectivity index (χ1n) is 11.2. The summed E-state index contributed by atoms with van der Waals surface area (Å²) in [5.41, 5.74) is 0.404. The summed E-state index contributed by atoms with van der Waals surface area (Å²) in [6.07, 6.45) is 3.92. The van der Waals surface area contributed by atoms with E-state index in [1.165, 1.54) is 12.3 Å². The van der Waals surface area contributed by atoms with Gasteiger partial charge in [0.25, 0.3) is 0 Å². The number of aromatic carboxylic acids is 1. The van der Waals surface area contributed by atoms with Gasteiger partial charge in [-0.1, -0.05) is 44.2 Å². The largest absolute Gasteiger partial charge is 0.478 e. The Morgan fingerprint density at radius 3 is 2.55 bits per heavy atom. The predicted octanol–water partition coefficient (Wildman–Crippen LogP) is 2.50. The topological polar surface area (TPSA) is 101 Å². The van der Waals surface area contributed by atoms with Crippen LogP contribution in [0, 0.1) is 0 Å². The summed E-state index contributed by atoms with van der Waals surface area (Å²) in [6.45, 7) is 4.69. The number of aromatic nitrogens is 1. The molecule has 1 aromatic heterocycles. The van der Waals surface area contributed by atoms with E-state index >= 15 is 0 Å². The van der Waals surface area contributed by atoms with Crippen molar-refractivity contribution in [3.05, 3.63) is 59.9 Å². The minimum atomic E-state index is -1.06. The SMILES string of the molecule is CCC(C)(c1ccccc1)C(C(=O)NC1C(=O)COC1CCN(C)C)n1ccc(C(=O)O)c1. The molecule has 1 aromatic carbocycles. The van der Waals surface area contributed by atoms with Crippen LogP contribution in [0.2, 0.25) is 0 Å². The summed E-state index contributed by atoms with van der Waals surface area (Å²) in [5, 5.41) is 12.4. The molecule has 0 saturated carbocycles. The summed E-state index contributed by atoms with van der Waals surface area (Å²) >= 11 is 0. The van der Waals surface area contributed by atoms with Gasteiger partial charge >= 0.3 is 5.97 Å². The number of carboxylic acids is 1. The fourth-order valence-electron chi connectivity index (χ4n) is 4.45. The van der Waals surface area contributed by atoms with Crippen LogP contribution in [-0.2, 0) is 19.7 Å². The van der Waals surface area contributed by atoms with Gasteiger partial charge in [0.1, 0.15) is 18.7 Å². The zero-order valence-electron chi connectivity index (χ0n) is 19.7. The molecule has 2 N–H and O–H groups in total. The van der Waals surface area contributed by atoms with Crippen molar-refractivity contribution < 1.29 is 24.2 Å². The monoisotopic (exact) mass is 455 g/mol. The highest BCUT2D eigenvalue weighted by molar-refractivity contribution is 5.93. The van der Waals surface area contributed by atoms with E-state index in [0.29, 0.717) is 12.8 Å². The Balaban J connectivity index is 1.97. The number of nitrogens with zero attached hydrogens (tertiary/aromatic N) is 2.